The zero-order valence-electron chi connectivity index (χ0n) is 13.3. The third-order valence-electron chi connectivity index (χ3n) is 3.07. The minimum atomic E-state index is -3.26. The van der Waals surface area contributed by atoms with Crippen LogP contribution in [0.25, 0.3) is 0 Å². The van der Waals surface area contributed by atoms with Crippen LogP contribution in [-0.4, -0.2) is 41.1 Å². The number of aromatic amines is 1. The summed E-state index contributed by atoms with van der Waals surface area (Å²) in [6, 6.07) is 5.93. The number of nitrogens with one attached hydrogen (secondary N) is 2. The van der Waals surface area contributed by atoms with E-state index in [1.54, 1.807) is 0 Å². The van der Waals surface area contributed by atoms with Crippen molar-refractivity contribution in [3.05, 3.63) is 34.7 Å². The van der Waals surface area contributed by atoms with E-state index >= 15 is 0 Å². The Hall–Kier alpha value is -2.07. The number of hydrogen-bond acceptors (Lipinski definition) is 6. The molecule has 0 saturated carbocycles. The number of anilines is 1. The average molecular weight is 370 g/mol. The van der Waals surface area contributed by atoms with Gasteiger partial charge in [-0.3, -0.25) is 9.36 Å². The number of rotatable bonds is 7. The monoisotopic (exact) mass is 370 g/mol. The molecule has 2 N–H and O–H groups in total. The molecule has 10 heteroatoms. The van der Waals surface area contributed by atoms with E-state index in [2.05, 4.69) is 15.5 Å². The lowest BCUT2D eigenvalue weighted by Crippen LogP contribution is -2.18. The Kier molecular flexibility index (Phi) is 5.84. The number of carbonyl (C=O) groups excluding carboxylic acids is 1. The minimum Gasteiger partial charge on any atom is -0.325 e. The van der Waals surface area contributed by atoms with Gasteiger partial charge in [-0.2, -0.15) is 0 Å². The molecule has 0 fully saturated rings. The molecule has 1 aromatic carbocycles. The van der Waals surface area contributed by atoms with Crippen molar-refractivity contribution in [2.24, 2.45) is 0 Å². The molecule has 0 spiro atoms. The molecule has 1 aromatic heterocycles. The first-order valence-corrected chi connectivity index (χ1v) is 10.1. The summed E-state index contributed by atoms with van der Waals surface area (Å²) >= 11 is 1.16. The van der Waals surface area contributed by atoms with Gasteiger partial charge in [0.25, 0.3) is 0 Å². The molecule has 0 aliphatic carbocycles. The van der Waals surface area contributed by atoms with E-state index in [9.17, 15) is 18.0 Å². The second-order valence-corrected chi connectivity index (χ2v) is 8.05. The molecule has 1 amide bonds. The molecule has 0 radical (unpaired) electrons. The van der Waals surface area contributed by atoms with Crippen LogP contribution in [0.4, 0.5) is 5.69 Å². The van der Waals surface area contributed by atoms with Crippen LogP contribution < -0.4 is 11.0 Å². The van der Waals surface area contributed by atoms with Crippen molar-refractivity contribution < 1.29 is 13.2 Å². The molecular formula is C14H18N4O4S2. The van der Waals surface area contributed by atoms with Crippen molar-refractivity contribution in [2.75, 3.05) is 17.3 Å². The van der Waals surface area contributed by atoms with Crippen molar-refractivity contribution in [3.8, 4) is 0 Å². The third-order valence-corrected chi connectivity index (χ3v) is 5.17. The number of H-pyrrole nitrogens is 1. The number of aromatic nitrogens is 3. The highest BCUT2D eigenvalue weighted by Crippen LogP contribution is 2.16. The van der Waals surface area contributed by atoms with Crippen LogP contribution >= 0.6 is 11.8 Å². The van der Waals surface area contributed by atoms with Gasteiger partial charge < -0.3 is 5.32 Å². The van der Waals surface area contributed by atoms with E-state index in [0.29, 0.717) is 17.4 Å². The van der Waals surface area contributed by atoms with Crippen molar-refractivity contribution >= 4 is 33.2 Å². The predicted octanol–water partition coefficient (Wildman–Crippen LogP) is 1.12. The lowest BCUT2D eigenvalue weighted by atomic mass is 10.3. The molecule has 0 aliphatic heterocycles. The van der Waals surface area contributed by atoms with Gasteiger partial charge in [0, 0.05) is 18.5 Å². The van der Waals surface area contributed by atoms with Gasteiger partial charge in [0.05, 0.1) is 10.6 Å². The first-order chi connectivity index (χ1) is 11.3. The van der Waals surface area contributed by atoms with Crippen LogP contribution in [0.15, 0.2) is 39.1 Å². The molecule has 0 saturated heterocycles. The second-order valence-electron chi connectivity index (χ2n) is 5.10. The Labute approximate surface area is 143 Å². The van der Waals surface area contributed by atoms with Crippen LogP contribution in [0.2, 0.25) is 0 Å². The van der Waals surface area contributed by atoms with Crippen LogP contribution in [0, 0.1) is 0 Å². The summed E-state index contributed by atoms with van der Waals surface area (Å²) < 4.78 is 24.3. The Balaban J connectivity index is 1.95. The van der Waals surface area contributed by atoms with Gasteiger partial charge in [-0.05, 0) is 30.7 Å². The van der Waals surface area contributed by atoms with Crippen molar-refractivity contribution in [1.29, 1.82) is 0 Å². The minimum absolute atomic E-state index is 0.0852. The molecule has 8 nitrogen and oxygen atoms in total. The predicted molar refractivity (Wildman–Crippen MR) is 92.0 cm³/mol. The number of carbonyl (C=O) groups is 1. The average Bonchev–Trinajstić information content (AvgIpc) is 2.86. The fourth-order valence-corrected chi connectivity index (χ4v) is 3.35. The smallest absolute Gasteiger partial charge is 0.325 e. The zero-order chi connectivity index (χ0) is 17.7. The largest absolute Gasteiger partial charge is 0.343 e. The number of nitrogens with zero attached hydrogens (tertiary/aromatic N) is 2. The van der Waals surface area contributed by atoms with E-state index in [0.717, 1.165) is 24.4 Å². The van der Waals surface area contributed by atoms with Gasteiger partial charge in [0.2, 0.25) is 5.91 Å². The first-order valence-electron chi connectivity index (χ1n) is 7.19. The molecule has 0 unspecified atom stereocenters. The van der Waals surface area contributed by atoms with Gasteiger partial charge in [-0.1, -0.05) is 18.7 Å². The second kappa shape index (κ2) is 7.67. The van der Waals surface area contributed by atoms with Gasteiger partial charge in [0.15, 0.2) is 15.0 Å². The molecule has 24 heavy (non-hydrogen) atoms. The van der Waals surface area contributed by atoms with Crippen molar-refractivity contribution in [2.45, 2.75) is 29.9 Å². The highest BCUT2D eigenvalue weighted by molar-refractivity contribution is 7.99. The third kappa shape index (κ3) is 4.71. The number of benzene rings is 1. The number of sulfone groups is 1. The molecule has 0 bridgehead atoms. The maximum Gasteiger partial charge on any atom is 0.343 e. The zero-order valence-corrected chi connectivity index (χ0v) is 14.9. The van der Waals surface area contributed by atoms with E-state index in [-0.39, 0.29) is 22.2 Å². The highest BCUT2D eigenvalue weighted by Gasteiger charge is 2.11. The topological polar surface area (TPSA) is 114 Å². The maximum absolute atomic E-state index is 12.0. The first kappa shape index (κ1) is 18.3. The molecular weight excluding hydrogens is 352 g/mol. The van der Waals surface area contributed by atoms with Gasteiger partial charge in [-0.15, -0.1) is 5.10 Å². The number of thioether (sulfide) groups is 1. The molecule has 2 aromatic rings. The molecule has 0 atom stereocenters. The Morgan fingerprint density at radius 3 is 2.58 bits per heavy atom. The van der Waals surface area contributed by atoms with Gasteiger partial charge in [0.1, 0.15) is 0 Å². The fourth-order valence-electron chi connectivity index (χ4n) is 1.95. The van der Waals surface area contributed by atoms with Crippen molar-refractivity contribution in [3.63, 3.8) is 0 Å². The summed E-state index contributed by atoms with van der Waals surface area (Å²) in [4.78, 5) is 23.7. The standard InChI is InChI=1S/C14H18N4O4S2/c1-3-8-18-13(20)16-17-14(18)23-9-12(19)15-10-4-6-11(7-5-10)24(2,21)22/h4-7H,3,8-9H2,1-2H3,(H,15,19)(H,16,20). The quantitative estimate of drug-likeness (QED) is 0.706. The summed E-state index contributed by atoms with van der Waals surface area (Å²) in [6.07, 6.45) is 1.91. The SMILES string of the molecule is CCCn1c(SCC(=O)Nc2ccc(S(C)(=O)=O)cc2)n[nH]c1=O. The fraction of sp³-hybridized carbons (Fsp3) is 0.357. The van der Waals surface area contributed by atoms with Crippen LogP contribution in [-0.2, 0) is 21.2 Å². The van der Waals surface area contributed by atoms with E-state index < -0.39 is 9.84 Å². The summed E-state index contributed by atoms with van der Waals surface area (Å²) in [7, 11) is -3.26. The maximum atomic E-state index is 12.0. The molecule has 1 heterocycles. The normalized spacial score (nSPS) is 11.4. The summed E-state index contributed by atoms with van der Waals surface area (Å²) in [5.74, 6) is -0.187. The van der Waals surface area contributed by atoms with E-state index in [1.807, 2.05) is 6.92 Å². The molecule has 130 valence electrons. The van der Waals surface area contributed by atoms with Gasteiger partial charge >= 0.3 is 5.69 Å². The lowest BCUT2D eigenvalue weighted by molar-refractivity contribution is -0.113. The van der Waals surface area contributed by atoms with Gasteiger partial charge in [-0.25, -0.2) is 18.3 Å². The lowest BCUT2D eigenvalue weighted by Gasteiger charge is -2.06. The molecule has 2 rings (SSSR count). The van der Waals surface area contributed by atoms with Crippen LogP contribution in [0.3, 0.4) is 0 Å². The van der Waals surface area contributed by atoms with E-state index in [4.69, 9.17) is 0 Å². The summed E-state index contributed by atoms with van der Waals surface area (Å²) in [6.45, 7) is 2.48. The Bertz CT molecular complexity index is 869. The number of hydrogen-bond donors (Lipinski definition) is 2. The van der Waals surface area contributed by atoms with Crippen molar-refractivity contribution in [1.82, 2.24) is 14.8 Å². The number of amides is 1. The molecule has 0 aliphatic rings. The van der Waals surface area contributed by atoms with E-state index in [1.165, 1.54) is 28.8 Å². The highest BCUT2D eigenvalue weighted by atomic mass is 32.2. The summed E-state index contributed by atoms with van der Waals surface area (Å²) in [5.41, 5.74) is 0.206. The Morgan fingerprint density at radius 2 is 2.00 bits per heavy atom. The van der Waals surface area contributed by atoms with Crippen LogP contribution in [0.5, 0.6) is 0 Å². The summed E-state index contributed by atoms with van der Waals surface area (Å²) in [5, 5.41) is 9.39. The van der Waals surface area contributed by atoms with Crippen LogP contribution in [0.1, 0.15) is 13.3 Å². The Morgan fingerprint density at radius 1 is 1.33 bits per heavy atom.